The molecule has 1 heterocycles. The number of nitro groups is 1. The maximum atomic E-state index is 13.1. The Labute approximate surface area is 198 Å². The Morgan fingerprint density at radius 2 is 1.85 bits per heavy atom. The highest BCUT2D eigenvalue weighted by Gasteiger charge is 2.23. The number of non-ortho nitro benzene ring substituents is 1. The van der Waals surface area contributed by atoms with E-state index in [0.29, 0.717) is 22.4 Å². The van der Waals surface area contributed by atoms with Crippen LogP contribution >= 0.6 is 11.6 Å². The summed E-state index contributed by atoms with van der Waals surface area (Å²) in [4.78, 5) is 27.4. The number of ether oxygens (including phenoxy) is 1. The first-order valence-corrected chi connectivity index (χ1v) is 11.6. The molecule has 0 fully saturated rings. The number of halogens is 1. The van der Waals surface area contributed by atoms with E-state index in [1.165, 1.54) is 29.9 Å². The van der Waals surface area contributed by atoms with Crippen molar-refractivity contribution in [1.82, 2.24) is 9.55 Å². The van der Waals surface area contributed by atoms with Gasteiger partial charge in [-0.3, -0.25) is 24.2 Å². The zero-order valence-electron chi connectivity index (χ0n) is 17.9. The molecule has 0 aliphatic heterocycles. The molecule has 1 N–H and O–H groups in total. The number of nitrogens with zero attached hydrogens (tertiary/aromatic N) is 3. The zero-order valence-corrected chi connectivity index (χ0v) is 19.4. The minimum Gasteiger partial charge on any atom is -0.494 e. The average molecular weight is 501 g/mol. The molecule has 4 aromatic rings. The fraction of sp³-hybridized carbons (Fsp3) is 0.0909. The second-order valence-corrected chi connectivity index (χ2v) is 9.24. The van der Waals surface area contributed by atoms with Crippen LogP contribution in [0.5, 0.6) is 5.75 Å². The third-order valence-electron chi connectivity index (χ3n) is 5.05. The second-order valence-electron chi connectivity index (χ2n) is 7.18. The van der Waals surface area contributed by atoms with E-state index >= 15 is 0 Å². The number of hydrogen-bond acceptors (Lipinski definition) is 7. The lowest BCUT2D eigenvalue weighted by atomic mass is 10.2. The van der Waals surface area contributed by atoms with Crippen molar-refractivity contribution in [2.24, 2.45) is 0 Å². The molecule has 4 rings (SSSR count). The third-order valence-corrected chi connectivity index (χ3v) is 6.89. The number of benzene rings is 3. The minimum absolute atomic E-state index is 0.0493. The molecule has 34 heavy (non-hydrogen) atoms. The normalized spacial score (nSPS) is 11.4. The molecule has 10 nitrogen and oxygen atoms in total. The molecule has 0 unspecified atom stereocenters. The summed E-state index contributed by atoms with van der Waals surface area (Å²) in [6.07, 6.45) is 0. The lowest BCUT2D eigenvalue weighted by Gasteiger charge is -2.16. The first kappa shape index (κ1) is 23.2. The molecule has 0 atom stereocenters. The highest BCUT2D eigenvalue weighted by atomic mass is 35.5. The van der Waals surface area contributed by atoms with Crippen LogP contribution in [0.2, 0.25) is 5.02 Å². The van der Waals surface area contributed by atoms with Gasteiger partial charge in [-0.2, -0.15) is 0 Å². The number of aromatic nitrogens is 2. The van der Waals surface area contributed by atoms with E-state index in [1.807, 2.05) is 0 Å². The van der Waals surface area contributed by atoms with E-state index in [9.17, 15) is 23.3 Å². The Morgan fingerprint density at radius 1 is 1.12 bits per heavy atom. The lowest BCUT2D eigenvalue weighted by molar-refractivity contribution is -0.385. The van der Waals surface area contributed by atoms with Gasteiger partial charge in [0.05, 0.1) is 39.3 Å². The molecule has 174 valence electrons. The summed E-state index contributed by atoms with van der Waals surface area (Å²) < 4.78 is 34.9. The number of nitro benzene ring substituents is 1. The van der Waals surface area contributed by atoms with Gasteiger partial charge in [0.15, 0.2) is 0 Å². The van der Waals surface area contributed by atoms with Crippen LogP contribution in [0, 0.1) is 17.0 Å². The van der Waals surface area contributed by atoms with E-state index in [4.69, 9.17) is 16.3 Å². The van der Waals surface area contributed by atoms with Gasteiger partial charge in [0.2, 0.25) is 0 Å². The van der Waals surface area contributed by atoms with Gasteiger partial charge in [-0.1, -0.05) is 23.7 Å². The number of fused-ring (bicyclic) bond motifs is 1. The first-order valence-electron chi connectivity index (χ1n) is 9.76. The number of sulfonamides is 1. The smallest absolute Gasteiger partial charge is 0.270 e. The van der Waals surface area contributed by atoms with Gasteiger partial charge in [-0.15, -0.1) is 0 Å². The Bertz CT molecular complexity index is 1620. The van der Waals surface area contributed by atoms with Gasteiger partial charge in [0, 0.05) is 18.2 Å². The predicted molar refractivity (Wildman–Crippen MR) is 128 cm³/mol. The molecule has 12 heteroatoms. The van der Waals surface area contributed by atoms with Gasteiger partial charge in [-0.05, 0) is 37.3 Å². The fourth-order valence-electron chi connectivity index (χ4n) is 3.46. The molecule has 1 aromatic heterocycles. The van der Waals surface area contributed by atoms with Crippen LogP contribution in [0.3, 0.4) is 0 Å². The average Bonchev–Trinajstić information content (AvgIpc) is 2.79. The van der Waals surface area contributed by atoms with Crippen LogP contribution in [-0.2, 0) is 10.0 Å². The summed E-state index contributed by atoms with van der Waals surface area (Å²) in [5, 5.41) is 11.3. The van der Waals surface area contributed by atoms with E-state index in [1.54, 1.807) is 31.2 Å². The molecule has 0 aliphatic rings. The van der Waals surface area contributed by atoms with Crippen molar-refractivity contribution in [2.45, 2.75) is 11.8 Å². The lowest BCUT2D eigenvalue weighted by Crippen LogP contribution is -2.22. The summed E-state index contributed by atoms with van der Waals surface area (Å²) in [5.74, 6) is 0.546. The van der Waals surface area contributed by atoms with Crippen LogP contribution < -0.4 is 15.0 Å². The van der Waals surface area contributed by atoms with Crippen molar-refractivity contribution in [3.63, 3.8) is 0 Å². The molecule has 0 amide bonds. The first-order chi connectivity index (χ1) is 16.1. The van der Waals surface area contributed by atoms with Crippen LogP contribution in [0.25, 0.3) is 16.6 Å². The standard InChI is InChI=1S/C22H17ClN4O6S/c1-13-24-18-6-4-3-5-16(18)22(28)26(13)14-8-10-19(20(11-14)33-2)25-34(31,32)21-12-15(27(29)30)7-9-17(21)23/h3-12,25H,1-2H3. The summed E-state index contributed by atoms with van der Waals surface area (Å²) in [6, 6.07) is 14.5. The van der Waals surface area contributed by atoms with Crippen molar-refractivity contribution in [1.29, 1.82) is 0 Å². The van der Waals surface area contributed by atoms with Crippen LogP contribution in [0.15, 0.2) is 70.4 Å². The Hall–Kier alpha value is -3.96. The highest BCUT2D eigenvalue weighted by molar-refractivity contribution is 7.92. The number of hydrogen-bond donors (Lipinski definition) is 1. The number of rotatable bonds is 6. The number of anilines is 1. The Morgan fingerprint density at radius 3 is 2.56 bits per heavy atom. The van der Waals surface area contributed by atoms with Crippen molar-refractivity contribution in [3.05, 3.63) is 92.0 Å². The molecule has 0 saturated heterocycles. The Balaban J connectivity index is 1.78. The number of para-hydroxylation sites is 1. The Kier molecular flexibility index (Phi) is 5.98. The van der Waals surface area contributed by atoms with E-state index < -0.39 is 25.5 Å². The summed E-state index contributed by atoms with van der Waals surface area (Å²) >= 11 is 6.00. The third kappa shape index (κ3) is 4.18. The molecule has 0 saturated carbocycles. The van der Waals surface area contributed by atoms with Gasteiger partial charge in [0.25, 0.3) is 21.3 Å². The van der Waals surface area contributed by atoms with Crippen LogP contribution in [0.4, 0.5) is 11.4 Å². The van der Waals surface area contributed by atoms with Gasteiger partial charge >= 0.3 is 0 Å². The van der Waals surface area contributed by atoms with Crippen molar-refractivity contribution in [2.75, 3.05) is 11.8 Å². The van der Waals surface area contributed by atoms with Gasteiger partial charge in [-0.25, -0.2) is 13.4 Å². The van der Waals surface area contributed by atoms with Crippen molar-refractivity contribution >= 4 is 43.9 Å². The monoisotopic (exact) mass is 500 g/mol. The maximum absolute atomic E-state index is 13.1. The number of methoxy groups -OCH3 is 1. The summed E-state index contributed by atoms with van der Waals surface area (Å²) in [6.45, 7) is 1.68. The SMILES string of the molecule is COc1cc(-n2c(C)nc3ccccc3c2=O)ccc1NS(=O)(=O)c1cc([N+](=O)[O-])ccc1Cl. The highest BCUT2D eigenvalue weighted by Crippen LogP contribution is 2.32. The molecular formula is C22H17ClN4O6S. The number of aryl methyl sites for hydroxylation is 1. The number of nitrogens with one attached hydrogen (secondary N) is 1. The van der Waals surface area contributed by atoms with E-state index in [0.717, 1.165) is 18.2 Å². The molecule has 0 spiro atoms. The molecule has 0 aliphatic carbocycles. The van der Waals surface area contributed by atoms with Crippen molar-refractivity contribution in [3.8, 4) is 11.4 Å². The minimum atomic E-state index is -4.30. The maximum Gasteiger partial charge on any atom is 0.270 e. The fourth-order valence-corrected chi connectivity index (χ4v) is 5.05. The molecular weight excluding hydrogens is 484 g/mol. The topological polar surface area (TPSA) is 133 Å². The van der Waals surface area contributed by atoms with Crippen molar-refractivity contribution < 1.29 is 18.1 Å². The summed E-state index contributed by atoms with van der Waals surface area (Å²) in [5.41, 5.74) is 0.307. The largest absolute Gasteiger partial charge is 0.494 e. The van der Waals surface area contributed by atoms with Crippen LogP contribution in [0.1, 0.15) is 5.82 Å². The van der Waals surface area contributed by atoms with E-state index in [2.05, 4.69) is 9.71 Å². The zero-order chi connectivity index (χ0) is 24.6. The van der Waals surface area contributed by atoms with Gasteiger partial charge < -0.3 is 4.74 Å². The molecule has 0 radical (unpaired) electrons. The second kappa shape index (κ2) is 8.76. The van der Waals surface area contributed by atoms with E-state index in [-0.39, 0.29) is 22.0 Å². The predicted octanol–water partition coefficient (Wildman–Crippen LogP) is 4.07. The molecule has 0 bridgehead atoms. The van der Waals surface area contributed by atoms with Gasteiger partial charge in [0.1, 0.15) is 16.5 Å². The summed E-state index contributed by atoms with van der Waals surface area (Å²) in [7, 11) is -2.96. The quantitative estimate of drug-likeness (QED) is 0.311. The molecule has 3 aromatic carbocycles. The van der Waals surface area contributed by atoms with Crippen LogP contribution in [-0.4, -0.2) is 30.0 Å².